The zero-order valence-corrected chi connectivity index (χ0v) is 16.0. The maximum Gasteiger partial charge on any atom is 0.295 e. The van der Waals surface area contributed by atoms with E-state index in [9.17, 15) is 14.7 Å². The van der Waals surface area contributed by atoms with Crippen molar-refractivity contribution in [1.82, 2.24) is 14.8 Å². The summed E-state index contributed by atoms with van der Waals surface area (Å²) in [5.41, 5.74) is 0.477. The Hall–Kier alpha value is -2.97. The lowest BCUT2D eigenvalue weighted by Gasteiger charge is -2.28. The first-order chi connectivity index (χ1) is 14.2. The number of rotatable bonds is 6. The number of furan rings is 1. The topological polar surface area (TPSA) is 96.1 Å². The van der Waals surface area contributed by atoms with Crippen LogP contribution in [0, 0.1) is 0 Å². The van der Waals surface area contributed by atoms with Crippen molar-refractivity contribution >= 4 is 17.4 Å². The van der Waals surface area contributed by atoms with E-state index in [1.165, 1.54) is 23.6 Å². The van der Waals surface area contributed by atoms with E-state index in [-0.39, 0.29) is 11.3 Å². The van der Waals surface area contributed by atoms with Crippen LogP contribution in [0.5, 0.6) is 0 Å². The molecule has 0 radical (unpaired) electrons. The van der Waals surface area contributed by atoms with E-state index in [0.29, 0.717) is 37.5 Å². The third-order valence-corrected chi connectivity index (χ3v) is 5.28. The van der Waals surface area contributed by atoms with Crippen molar-refractivity contribution < 1.29 is 23.8 Å². The molecule has 1 N–H and O–H groups in total. The Morgan fingerprint density at radius 1 is 1.14 bits per heavy atom. The van der Waals surface area contributed by atoms with Crippen molar-refractivity contribution in [3.8, 4) is 0 Å². The number of hydrogen-bond donors (Lipinski definition) is 1. The molecule has 1 amide bonds. The predicted molar refractivity (Wildman–Crippen MR) is 104 cm³/mol. The van der Waals surface area contributed by atoms with Gasteiger partial charge in [-0.25, -0.2) is 0 Å². The fourth-order valence-corrected chi connectivity index (χ4v) is 3.81. The van der Waals surface area contributed by atoms with Crippen LogP contribution in [0.3, 0.4) is 0 Å². The number of carbonyl (C=O) groups excluding carboxylic acids is 2. The maximum atomic E-state index is 12.8. The molecule has 4 rings (SSSR count). The Labute approximate surface area is 168 Å². The number of morpholine rings is 1. The Balaban J connectivity index is 1.60. The maximum absolute atomic E-state index is 12.8. The van der Waals surface area contributed by atoms with E-state index >= 15 is 0 Å². The van der Waals surface area contributed by atoms with Crippen LogP contribution in [0.1, 0.15) is 23.8 Å². The summed E-state index contributed by atoms with van der Waals surface area (Å²) in [6.45, 7) is 4.35. The van der Waals surface area contributed by atoms with Crippen molar-refractivity contribution in [1.29, 1.82) is 0 Å². The van der Waals surface area contributed by atoms with Crippen molar-refractivity contribution in [2.45, 2.75) is 12.5 Å². The van der Waals surface area contributed by atoms with Crippen LogP contribution in [0.4, 0.5) is 0 Å². The van der Waals surface area contributed by atoms with Crippen LogP contribution in [0.15, 0.2) is 52.9 Å². The van der Waals surface area contributed by atoms with Crippen molar-refractivity contribution in [3.63, 3.8) is 0 Å². The van der Waals surface area contributed by atoms with Gasteiger partial charge in [0.25, 0.3) is 11.7 Å². The number of nitrogens with zero attached hydrogens (tertiary/aromatic N) is 3. The first-order valence-electron chi connectivity index (χ1n) is 9.69. The van der Waals surface area contributed by atoms with E-state index in [1.807, 2.05) is 0 Å². The second-order valence-corrected chi connectivity index (χ2v) is 7.05. The molecule has 0 unspecified atom stereocenters. The molecule has 1 atom stereocenters. The Morgan fingerprint density at radius 2 is 1.90 bits per heavy atom. The van der Waals surface area contributed by atoms with E-state index in [4.69, 9.17) is 9.15 Å². The molecule has 0 bridgehead atoms. The van der Waals surface area contributed by atoms with Gasteiger partial charge in [0.15, 0.2) is 0 Å². The molecule has 2 aromatic heterocycles. The smallest absolute Gasteiger partial charge is 0.295 e. The molecule has 2 aliphatic rings. The van der Waals surface area contributed by atoms with E-state index in [0.717, 1.165) is 19.6 Å². The number of likely N-dealkylation sites (tertiary alicyclic amines) is 1. The number of aromatic nitrogens is 1. The summed E-state index contributed by atoms with van der Waals surface area (Å²) in [4.78, 5) is 33.3. The molecule has 2 fully saturated rings. The average molecular weight is 397 g/mol. The Morgan fingerprint density at radius 3 is 2.59 bits per heavy atom. The van der Waals surface area contributed by atoms with Gasteiger partial charge in [-0.3, -0.25) is 19.5 Å². The van der Waals surface area contributed by atoms with Crippen molar-refractivity contribution in [2.24, 2.45) is 0 Å². The van der Waals surface area contributed by atoms with Crippen LogP contribution >= 0.6 is 0 Å². The molecule has 0 spiro atoms. The van der Waals surface area contributed by atoms with E-state index < -0.39 is 17.7 Å². The molecule has 8 heteroatoms. The highest BCUT2D eigenvalue weighted by atomic mass is 16.5. The lowest BCUT2D eigenvalue weighted by molar-refractivity contribution is -0.140. The summed E-state index contributed by atoms with van der Waals surface area (Å²) >= 11 is 0. The average Bonchev–Trinajstić information content (AvgIpc) is 3.37. The quantitative estimate of drug-likeness (QED) is 0.451. The number of Topliss-reactive ketones (excluding diaryl/α,β-unsaturated/α-hetero) is 1. The second kappa shape index (κ2) is 8.59. The first-order valence-corrected chi connectivity index (χ1v) is 9.69. The molecule has 2 saturated heterocycles. The van der Waals surface area contributed by atoms with Gasteiger partial charge in [-0.15, -0.1) is 0 Å². The SMILES string of the molecule is O=C1C(=O)N(CCCN2CCOCC2)[C@H](c2ccco2)C1=C(O)c1ccncc1. The normalized spacial score (nSPS) is 22.3. The summed E-state index contributed by atoms with van der Waals surface area (Å²) in [7, 11) is 0. The third-order valence-electron chi connectivity index (χ3n) is 5.28. The van der Waals surface area contributed by atoms with Gasteiger partial charge in [0.2, 0.25) is 0 Å². The monoisotopic (exact) mass is 397 g/mol. The highest BCUT2D eigenvalue weighted by Gasteiger charge is 2.47. The van der Waals surface area contributed by atoms with Gasteiger partial charge in [0.1, 0.15) is 17.6 Å². The molecule has 0 aliphatic carbocycles. The first kappa shape index (κ1) is 19.4. The number of carbonyl (C=O) groups is 2. The summed E-state index contributed by atoms with van der Waals surface area (Å²) in [5.74, 6) is -1.09. The number of ketones is 1. The highest BCUT2D eigenvalue weighted by Crippen LogP contribution is 2.39. The van der Waals surface area contributed by atoms with Crippen LogP contribution in [-0.2, 0) is 14.3 Å². The van der Waals surface area contributed by atoms with Crippen molar-refractivity contribution in [2.75, 3.05) is 39.4 Å². The minimum absolute atomic E-state index is 0.0440. The molecule has 2 aromatic rings. The lowest BCUT2D eigenvalue weighted by atomic mass is 10.00. The van der Waals surface area contributed by atoms with Crippen LogP contribution < -0.4 is 0 Å². The van der Waals surface area contributed by atoms with Gasteiger partial charge >= 0.3 is 0 Å². The fourth-order valence-electron chi connectivity index (χ4n) is 3.81. The van der Waals surface area contributed by atoms with Gasteiger partial charge in [-0.05, 0) is 30.7 Å². The van der Waals surface area contributed by atoms with E-state index in [2.05, 4.69) is 9.88 Å². The molecule has 0 aromatic carbocycles. The van der Waals surface area contributed by atoms with E-state index in [1.54, 1.807) is 24.3 Å². The largest absolute Gasteiger partial charge is 0.507 e. The van der Waals surface area contributed by atoms with Crippen LogP contribution in [0.2, 0.25) is 0 Å². The number of aliphatic hydroxyl groups is 1. The Bertz CT molecular complexity index is 888. The minimum Gasteiger partial charge on any atom is -0.507 e. The molecule has 8 nitrogen and oxygen atoms in total. The minimum atomic E-state index is -0.747. The van der Waals surface area contributed by atoms with Crippen LogP contribution in [0.25, 0.3) is 5.76 Å². The zero-order valence-electron chi connectivity index (χ0n) is 16.0. The van der Waals surface area contributed by atoms with Gasteiger partial charge in [-0.1, -0.05) is 0 Å². The number of pyridine rings is 1. The van der Waals surface area contributed by atoms with Gasteiger partial charge < -0.3 is 19.2 Å². The summed E-state index contributed by atoms with van der Waals surface area (Å²) in [6.07, 6.45) is 5.25. The molecule has 2 aliphatic heterocycles. The summed E-state index contributed by atoms with van der Waals surface area (Å²) < 4.78 is 10.9. The molecule has 0 saturated carbocycles. The third kappa shape index (κ3) is 3.94. The standard InChI is InChI=1S/C21H23N3O5/c25-19(15-4-6-22-7-5-15)17-18(16-3-1-12-29-16)24(21(27)20(17)26)9-2-8-23-10-13-28-14-11-23/h1,3-7,12,18,25H,2,8-11,13-14H2/t18-/m1/s1. The summed E-state index contributed by atoms with van der Waals surface area (Å²) in [5, 5.41) is 10.8. The molecule has 4 heterocycles. The summed E-state index contributed by atoms with van der Waals surface area (Å²) in [6, 6.07) is 5.87. The zero-order chi connectivity index (χ0) is 20.2. The highest BCUT2D eigenvalue weighted by molar-refractivity contribution is 6.46. The number of aliphatic hydroxyl groups excluding tert-OH is 1. The number of ether oxygens (including phenoxy) is 1. The van der Waals surface area contributed by atoms with Gasteiger partial charge in [0, 0.05) is 44.1 Å². The number of amides is 1. The molecule has 152 valence electrons. The Kier molecular flexibility index (Phi) is 5.73. The number of hydrogen-bond acceptors (Lipinski definition) is 7. The second-order valence-electron chi connectivity index (χ2n) is 7.05. The predicted octanol–water partition coefficient (Wildman–Crippen LogP) is 1.82. The van der Waals surface area contributed by atoms with Crippen molar-refractivity contribution in [3.05, 3.63) is 59.8 Å². The van der Waals surface area contributed by atoms with Gasteiger partial charge in [-0.2, -0.15) is 0 Å². The molecule has 29 heavy (non-hydrogen) atoms. The van der Waals surface area contributed by atoms with Gasteiger partial charge in [0.05, 0.1) is 25.1 Å². The lowest BCUT2D eigenvalue weighted by Crippen LogP contribution is -2.38. The molecular weight excluding hydrogens is 374 g/mol. The van der Waals surface area contributed by atoms with Crippen LogP contribution in [-0.4, -0.2) is 71.0 Å². The fraction of sp³-hybridized carbons (Fsp3) is 0.381. The molecular formula is C21H23N3O5.